The van der Waals surface area contributed by atoms with Crippen LogP contribution in [0, 0.1) is 11.8 Å². The molecule has 2 atom stereocenters. The lowest BCUT2D eigenvalue weighted by Gasteiger charge is -2.30. The lowest BCUT2D eigenvalue weighted by Crippen LogP contribution is -2.42. The first kappa shape index (κ1) is 15.7. The summed E-state index contributed by atoms with van der Waals surface area (Å²) in [4.78, 5) is 28.0. The number of carbonyl (C=O) groups is 2. The Labute approximate surface area is 137 Å². The second-order valence-electron chi connectivity index (χ2n) is 5.66. The lowest BCUT2D eigenvalue weighted by atomic mass is 9.79. The number of amides is 1. The van der Waals surface area contributed by atoms with E-state index in [0.717, 1.165) is 28.8 Å². The SMILES string of the molecule is COc1ccc2nc(NC(=O)[C@@H]3CCCC[C@@H]3C(=O)[O-])sc2c1. The second kappa shape index (κ2) is 6.54. The number of carbonyl (C=O) groups excluding carboxylic acids is 2. The first-order chi connectivity index (χ1) is 11.1. The summed E-state index contributed by atoms with van der Waals surface area (Å²) in [6.45, 7) is 0. The summed E-state index contributed by atoms with van der Waals surface area (Å²) in [5.41, 5.74) is 0.770. The molecular formula is C16H17N2O4S-. The summed E-state index contributed by atoms with van der Waals surface area (Å²) in [6.07, 6.45) is 2.75. The number of nitrogens with one attached hydrogen (secondary N) is 1. The van der Waals surface area contributed by atoms with Gasteiger partial charge < -0.3 is 20.0 Å². The summed E-state index contributed by atoms with van der Waals surface area (Å²) < 4.78 is 6.07. The summed E-state index contributed by atoms with van der Waals surface area (Å²) in [5.74, 6) is -1.96. The van der Waals surface area contributed by atoms with E-state index in [4.69, 9.17) is 4.74 Å². The third-order valence-corrected chi connectivity index (χ3v) is 5.16. The second-order valence-corrected chi connectivity index (χ2v) is 6.69. The fourth-order valence-corrected chi connectivity index (χ4v) is 3.91. The first-order valence-electron chi connectivity index (χ1n) is 7.55. The number of methoxy groups -OCH3 is 1. The summed E-state index contributed by atoms with van der Waals surface area (Å²) >= 11 is 1.34. The molecule has 0 unspecified atom stereocenters. The molecule has 1 N–H and O–H groups in total. The molecule has 0 saturated heterocycles. The third kappa shape index (κ3) is 3.29. The van der Waals surface area contributed by atoms with Crippen molar-refractivity contribution in [2.45, 2.75) is 25.7 Å². The van der Waals surface area contributed by atoms with Crippen molar-refractivity contribution in [2.75, 3.05) is 12.4 Å². The molecule has 1 amide bonds. The number of nitrogens with zero attached hydrogens (tertiary/aromatic N) is 1. The van der Waals surface area contributed by atoms with Gasteiger partial charge in [0, 0.05) is 17.8 Å². The average Bonchev–Trinajstić information content (AvgIpc) is 2.95. The summed E-state index contributed by atoms with van der Waals surface area (Å²) in [5, 5.41) is 14.4. The van der Waals surface area contributed by atoms with Crippen LogP contribution in [-0.4, -0.2) is 24.0 Å². The highest BCUT2D eigenvalue weighted by molar-refractivity contribution is 7.22. The van der Waals surface area contributed by atoms with Crippen LogP contribution in [0.2, 0.25) is 0 Å². The molecule has 2 aromatic rings. The van der Waals surface area contributed by atoms with Crippen LogP contribution < -0.4 is 15.2 Å². The minimum Gasteiger partial charge on any atom is -0.550 e. The van der Waals surface area contributed by atoms with Crippen LogP contribution in [0.3, 0.4) is 0 Å². The molecule has 1 heterocycles. The van der Waals surface area contributed by atoms with E-state index in [1.807, 2.05) is 12.1 Å². The van der Waals surface area contributed by atoms with Crippen molar-refractivity contribution in [1.29, 1.82) is 0 Å². The van der Waals surface area contributed by atoms with E-state index in [9.17, 15) is 14.7 Å². The van der Waals surface area contributed by atoms with Gasteiger partial charge in [-0.25, -0.2) is 4.98 Å². The predicted octanol–water partition coefficient (Wildman–Crippen LogP) is 1.80. The number of benzene rings is 1. The van der Waals surface area contributed by atoms with Crippen LogP contribution in [0.25, 0.3) is 10.2 Å². The van der Waals surface area contributed by atoms with Crippen LogP contribution in [0.4, 0.5) is 5.13 Å². The Bertz CT molecular complexity index is 743. The molecule has 1 saturated carbocycles. The minimum atomic E-state index is -1.14. The van der Waals surface area contributed by atoms with Gasteiger partial charge in [-0.1, -0.05) is 24.2 Å². The van der Waals surface area contributed by atoms with Gasteiger partial charge in [0.1, 0.15) is 5.75 Å². The van der Waals surface area contributed by atoms with Gasteiger partial charge in [-0.2, -0.15) is 0 Å². The maximum atomic E-state index is 12.4. The summed E-state index contributed by atoms with van der Waals surface area (Å²) in [6, 6.07) is 5.49. The molecule has 3 rings (SSSR count). The zero-order valence-corrected chi connectivity index (χ0v) is 13.5. The number of aromatic nitrogens is 1. The van der Waals surface area contributed by atoms with Gasteiger partial charge >= 0.3 is 0 Å². The van der Waals surface area contributed by atoms with Gasteiger partial charge in [-0.05, 0) is 31.0 Å². The highest BCUT2D eigenvalue weighted by Gasteiger charge is 2.32. The van der Waals surface area contributed by atoms with Crippen LogP contribution in [0.1, 0.15) is 25.7 Å². The van der Waals surface area contributed by atoms with Crippen LogP contribution in [-0.2, 0) is 9.59 Å². The number of hydrogen-bond acceptors (Lipinski definition) is 6. The number of carboxylic acids is 1. The molecule has 0 bridgehead atoms. The molecule has 1 aromatic heterocycles. The fraction of sp³-hybridized carbons (Fsp3) is 0.438. The molecular weight excluding hydrogens is 316 g/mol. The molecule has 0 spiro atoms. The monoisotopic (exact) mass is 333 g/mol. The van der Waals surface area contributed by atoms with E-state index >= 15 is 0 Å². The van der Waals surface area contributed by atoms with E-state index < -0.39 is 17.8 Å². The smallest absolute Gasteiger partial charge is 0.229 e. The predicted molar refractivity (Wildman–Crippen MR) is 85.3 cm³/mol. The quantitative estimate of drug-likeness (QED) is 0.921. The van der Waals surface area contributed by atoms with Gasteiger partial charge in [-0.3, -0.25) is 4.79 Å². The highest BCUT2D eigenvalue weighted by atomic mass is 32.1. The van der Waals surface area contributed by atoms with Gasteiger partial charge in [0.15, 0.2) is 5.13 Å². The minimum absolute atomic E-state index is 0.287. The molecule has 23 heavy (non-hydrogen) atoms. The van der Waals surface area contributed by atoms with Crippen molar-refractivity contribution in [3.63, 3.8) is 0 Å². The Morgan fingerprint density at radius 3 is 2.74 bits per heavy atom. The Hall–Kier alpha value is -2.15. The maximum Gasteiger partial charge on any atom is 0.229 e. The zero-order valence-electron chi connectivity index (χ0n) is 12.7. The average molecular weight is 333 g/mol. The molecule has 1 aliphatic carbocycles. The van der Waals surface area contributed by atoms with Crippen molar-refractivity contribution in [3.8, 4) is 5.75 Å². The van der Waals surface area contributed by atoms with Gasteiger partial charge in [0.25, 0.3) is 0 Å². The highest BCUT2D eigenvalue weighted by Crippen LogP contribution is 2.33. The van der Waals surface area contributed by atoms with Crippen molar-refractivity contribution in [1.82, 2.24) is 4.98 Å². The number of fused-ring (bicyclic) bond motifs is 1. The number of aliphatic carboxylic acids is 1. The number of carboxylic acid groups (broad SMARTS) is 1. The largest absolute Gasteiger partial charge is 0.550 e. The van der Waals surface area contributed by atoms with E-state index in [2.05, 4.69) is 10.3 Å². The van der Waals surface area contributed by atoms with Gasteiger partial charge in [0.05, 0.1) is 17.3 Å². The summed E-state index contributed by atoms with van der Waals surface area (Å²) in [7, 11) is 1.59. The van der Waals surface area contributed by atoms with Crippen molar-refractivity contribution in [3.05, 3.63) is 18.2 Å². The Kier molecular flexibility index (Phi) is 4.47. The van der Waals surface area contributed by atoms with Gasteiger partial charge in [0.2, 0.25) is 5.91 Å². The standard InChI is InChI=1S/C16H18N2O4S/c1-22-9-6-7-12-13(8-9)23-16(17-12)18-14(19)10-4-2-3-5-11(10)15(20)21/h6-8,10-11H,2-5H2,1H3,(H,20,21)(H,17,18,19)/p-1/t10-,11+/m1/s1. The molecule has 122 valence electrons. The number of ether oxygens (including phenoxy) is 1. The van der Waals surface area contributed by atoms with Crippen molar-refractivity contribution >= 4 is 38.6 Å². The Morgan fingerprint density at radius 1 is 1.30 bits per heavy atom. The van der Waals surface area contributed by atoms with Crippen LogP contribution >= 0.6 is 11.3 Å². The molecule has 1 fully saturated rings. The fourth-order valence-electron chi connectivity index (χ4n) is 3.01. The number of thiazole rings is 1. The number of anilines is 1. The third-order valence-electron chi connectivity index (χ3n) is 4.23. The van der Waals surface area contributed by atoms with E-state index in [1.54, 1.807) is 13.2 Å². The van der Waals surface area contributed by atoms with E-state index in [-0.39, 0.29) is 5.91 Å². The molecule has 0 aliphatic heterocycles. The molecule has 1 aliphatic rings. The van der Waals surface area contributed by atoms with E-state index in [1.165, 1.54) is 11.3 Å². The van der Waals surface area contributed by atoms with Crippen LogP contribution in [0.15, 0.2) is 18.2 Å². The molecule has 6 nitrogen and oxygen atoms in total. The molecule has 0 radical (unpaired) electrons. The lowest BCUT2D eigenvalue weighted by molar-refractivity contribution is -0.313. The van der Waals surface area contributed by atoms with Gasteiger partial charge in [-0.15, -0.1) is 0 Å². The topological polar surface area (TPSA) is 91.3 Å². The van der Waals surface area contributed by atoms with Crippen molar-refractivity contribution < 1.29 is 19.4 Å². The number of hydrogen-bond donors (Lipinski definition) is 1. The molecule has 7 heteroatoms. The maximum absolute atomic E-state index is 12.4. The van der Waals surface area contributed by atoms with Crippen molar-refractivity contribution in [2.24, 2.45) is 11.8 Å². The molecule has 1 aromatic carbocycles. The normalized spacial score (nSPS) is 21.1. The Balaban J connectivity index is 1.77. The van der Waals surface area contributed by atoms with Crippen LogP contribution in [0.5, 0.6) is 5.75 Å². The zero-order chi connectivity index (χ0) is 16.4. The van der Waals surface area contributed by atoms with E-state index in [0.29, 0.717) is 18.0 Å². The number of rotatable bonds is 4. The Morgan fingerprint density at radius 2 is 2.04 bits per heavy atom. The first-order valence-corrected chi connectivity index (χ1v) is 8.36.